The predicted octanol–water partition coefficient (Wildman–Crippen LogP) is 0.323. The highest BCUT2D eigenvalue weighted by Gasteiger charge is 2.38. The SMILES string of the molecule is CN1C2CCC1CN(C(=O)C1CNC1)CC2.Cl. The molecule has 0 saturated carbocycles. The zero-order valence-electron chi connectivity index (χ0n) is 10.4. The molecule has 2 bridgehead atoms. The Balaban J connectivity index is 0.00000108. The van der Waals surface area contributed by atoms with Gasteiger partial charge < -0.3 is 10.2 Å². The number of carbonyl (C=O) groups is 1. The highest BCUT2D eigenvalue weighted by molar-refractivity contribution is 5.85. The number of carbonyl (C=O) groups excluding carboxylic acids is 1. The van der Waals surface area contributed by atoms with Crippen molar-refractivity contribution in [2.45, 2.75) is 31.3 Å². The Kier molecular flexibility index (Phi) is 3.95. The van der Waals surface area contributed by atoms with Gasteiger partial charge in [-0.2, -0.15) is 0 Å². The standard InChI is InChI=1S/C12H21N3O.ClH/c1-14-10-2-3-11(14)8-15(5-4-10)12(16)9-6-13-7-9;/h9-11,13H,2-8H2,1H3;1H. The molecule has 0 radical (unpaired) electrons. The second kappa shape index (κ2) is 5.12. The Morgan fingerprint density at radius 2 is 1.88 bits per heavy atom. The molecule has 3 aliphatic rings. The molecule has 1 N–H and O–H groups in total. The van der Waals surface area contributed by atoms with Crippen molar-refractivity contribution in [3.8, 4) is 0 Å². The van der Waals surface area contributed by atoms with E-state index in [2.05, 4.69) is 22.2 Å². The molecule has 0 spiro atoms. The van der Waals surface area contributed by atoms with E-state index in [4.69, 9.17) is 0 Å². The zero-order chi connectivity index (χ0) is 11.1. The fourth-order valence-electron chi connectivity index (χ4n) is 3.23. The Hall–Kier alpha value is -0.320. The van der Waals surface area contributed by atoms with Gasteiger partial charge in [0.1, 0.15) is 0 Å². The van der Waals surface area contributed by atoms with Gasteiger partial charge >= 0.3 is 0 Å². The van der Waals surface area contributed by atoms with Crippen LogP contribution in [0.1, 0.15) is 19.3 Å². The predicted molar refractivity (Wildman–Crippen MR) is 69.4 cm³/mol. The Bertz CT molecular complexity index is 295. The molecule has 3 fully saturated rings. The summed E-state index contributed by atoms with van der Waals surface area (Å²) in [6.07, 6.45) is 3.76. The van der Waals surface area contributed by atoms with E-state index in [1.807, 2.05) is 0 Å². The van der Waals surface area contributed by atoms with Crippen molar-refractivity contribution in [3.63, 3.8) is 0 Å². The van der Waals surface area contributed by atoms with Gasteiger partial charge in [-0.15, -0.1) is 12.4 Å². The minimum atomic E-state index is 0. The number of hydrogen-bond acceptors (Lipinski definition) is 3. The molecule has 0 aliphatic carbocycles. The molecule has 5 heteroatoms. The molecule has 2 unspecified atom stereocenters. The van der Waals surface area contributed by atoms with Gasteiger partial charge in [-0.25, -0.2) is 0 Å². The lowest BCUT2D eigenvalue weighted by atomic mass is 10.0. The largest absolute Gasteiger partial charge is 0.341 e. The van der Waals surface area contributed by atoms with E-state index < -0.39 is 0 Å². The first-order valence-electron chi connectivity index (χ1n) is 6.47. The summed E-state index contributed by atoms with van der Waals surface area (Å²) >= 11 is 0. The molecule has 4 nitrogen and oxygen atoms in total. The maximum atomic E-state index is 12.2. The number of nitrogens with zero attached hydrogens (tertiary/aromatic N) is 2. The van der Waals surface area contributed by atoms with E-state index in [1.54, 1.807) is 0 Å². The Labute approximate surface area is 109 Å². The average molecular weight is 260 g/mol. The maximum absolute atomic E-state index is 12.2. The van der Waals surface area contributed by atoms with Crippen molar-refractivity contribution in [3.05, 3.63) is 0 Å². The fourth-order valence-corrected chi connectivity index (χ4v) is 3.23. The van der Waals surface area contributed by atoms with Crippen molar-refractivity contribution in [1.29, 1.82) is 0 Å². The summed E-state index contributed by atoms with van der Waals surface area (Å²) in [5.74, 6) is 0.654. The number of hydrogen-bond donors (Lipinski definition) is 1. The van der Waals surface area contributed by atoms with Crippen LogP contribution in [0.15, 0.2) is 0 Å². The average Bonchev–Trinajstić information content (AvgIpc) is 2.37. The molecular weight excluding hydrogens is 238 g/mol. The molecule has 2 atom stereocenters. The smallest absolute Gasteiger partial charge is 0.228 e. The van der Waals surface area contributed by atoms with Crippen LogP contribution in [0.3, 0.4) is 0 Å². The number of likely N-dealkylation sites (N-methyl/N-ethyl adjacent to an activating group) is 1. The normalized spacial score (nSPS) is 33.8. The second-order valence-corrected chi connectivity index (χ2v) is 5.48. The van der Waals surface area contributed by atoms with Gasteiger partial charge in [-0.3, -0.25) is 9.69 Å². The summed E-state index contributed by atoms with van der Waals surface area (Å²) in [6, 6.07) is 1.34. The molecule has 1 amide bonds. The molecule has 98 valence electrons. The molecule has 17 heavy (non-hydrogen) atoms. The van der Waals surface area contributed by atoms with Gasteiger partial charge in [0, 0.05) is 38.3 Å². The first-order valence-corrected chi connectivity index (χ1v) is 6.47. The van der Waals surface area contributed by atoms with Crippen LogP contribution in [0.4, 0.5) is 0 Å². The summed E-state index contributed by atoms with van der Waals surface area (Å²) in [6.45, 7) is 3.71. The third-order valence-corrected chi connectivity index (χ3v) is 4.59. The van der Waals surface area contributed by atoms with Crippen molar-refractivity contribution >= 4 is 18.3 Å². The van der Waals surface area contributed by atoms with Crippen LogP contribution < -0.4 is 5.32 Å². The fraction of sp³-hybridized carbons (Fsp3) is 0.917. The molecule has 3 heterocycles. The van der Waals surface area contributed by atoms with Gasteiger partial charge in [0.05, 0.1) is 5.92 Å². The van der Waals surface area contributed by atoms with E-state index in [9.17, 15) is 4.79 Å². The highest BCUT2D eigenvalue weighted by atomic mass is 35.5. The number of rotatable bonds is 1. The van der Waals surface area contributed by atoms with E-state index >= 15 is 0 Å². The lowest BCUT2D eigenvalue weighted by molar-refractivity contribution is -0.137. The third-order valence-electron chi connectivity index (χ3n) is 4.59. The molecule has 0 aromatic heterocycles. The van der Waals surface area contributed by atoms with E-state index in [0.717, 1.165) is 32.2 Å². The minimum Gasteiger partial charge on any atom is -0.341 e. The Morgan fingerprint density at radius 3 is 2.53 bits per heavy atom. The quantitative estimate of drug-likeness (QED) is 0.737. The van der Waals surface area contributed by atoms with Gasteiger partial charge in [0.2, 0.25) is 5.91 Å². The monoisotopic (exact) mass is 259 g/mol. The first-order chi connectivity index (χ1) is 7.75. The van der Waals surface area contributed by atoms with Crippen LogP contribution in [-0.2, 0) is 4.79 Å². The summed E-state index contributed by atoms with van der Waals surface area (Å²) in [7, 11) is 2.22. The van der Waals surface area contributed by atoms with Crippen molar-refractivity contribution in [1.82, 2.24) is 15.1 Å². The lowest BCUT2D eigenvalue weighted by Crippen LogP contribution is -2.53. The number of fused-ring (bicyclic) bond motifs is 2. The van der Waals surface area contributed by atoms with Crippen molar-refractivity contribution < 1.29 is 4.79 Å². The minimum absolute atomic E-state index is 0. The van der Waals surface area contributed by atoms with Crippen molar-refractivity contribution in [2.75, 3.05) is 33.2 Å². The van der Waals surface area contributed by atoms with Gasteiger partial charge in [-0.1, -0.05) is 0 Å². The van der Waals surface area contributed by atoms with E-state index in [0.29, 0.717) is 11.9 Å². The number of nitrogens with one attached hydrogen (secondary N) is 1. The van der Waals surface area contributed by atoms with E-state index in [1.165, 1.54) is 19.3 Å². The summed E-state index contributed by atoms with van der Waals surface area (Å²) in [4.78, 5) is 16.8. The van der Waals surface area contributed by atoms with Crippen LogP contribution >= 0.6 is 12.4 Å². The van der Waals surface area contributed by atoms with Crippen LogP contribution in [0.5, 0.6) is 0 Å². The molecule has 0 aromatic carbocycles. The lowest BCUT2D eigenvalue weighted by Gasteiger charge is -2.33. The van der Waals surface area contributed by atoms with Crippen LogP contribution in [-0.4, -0.2) is 61.0 Å². The number of likely N-dealkylation sites (tertiary alicyclic amines) is 1. The first kappa shape index (κ1) is 13.1. The molecule has 3 saturated heterocycles. The van der Waals surface area contributed by atoms with Crippen LogP contribution in [0.2, 0.25) is 0 Å². The molecule has 0 aromatic rings. The highest BCUT2D eigenvalue weighted by Crippen LogP contribution is 2.29. The van der Waals surface area contributed by atoms with Crippen LogP contribution in [0.25, 0.3) is 0 Å². The molecular formula is C12H22ClN3O. The van der Waals surface area contributed by atoms with Crippen LogP contribution in [0, 0.1) is 5.92 Å². The van der Waals surface area contributed by atoms with Gasteiger partial charge in [-0.05, 0) is 26.3 Å². The van der Waals surface area contributed by atoms with Gasteiger partial charge in [0.25, 0.3) is 0 Å². The summed E-state index contributed by atoms with van der Waals surface area (Å²) in [5, 5.41) is 3.18. The second-order valence-electron chi connectivity index (χ2n) is 5.48. The van der Waals surface area contributed by atoms with Crippen molar-refractivity contribution in [2.24, 2.45) is 5.92 Å². The number of amides is 1. The maximum Gasteiger partial charge on any atom is 0.228 e. The molecule has 3 aliphatic heterocycles. The number of halogens is 1. The van der Waals surface area contributed by atoms with E-state index in [-0.39, 0.29) is 18.3 Å². The summed E-state index contributed by atoms with van der Waals surface area (Å²) < 4.78 is 0. The van der Waals surface area contributed by atoms with Gasteiger partial charge in [0.15, 0.2) is 0 Å². The third kappa shape index (κ3) is 2.30. The summed E-state index contributed by atoms with van der Waals surface area (Å²) in [5.41, 5.74) is 0. The Morgan fingerprint density at radius 1 is 1.18 bits per heavy atom. The zero-order valence-corrected chi connectivity index (χ0v) is 11.2. The topological polar surface area (TPSA) is 35.6 Å². The molecule has 3 rings (SSSR count).